The Balaban J connectivity index is 1.98. The maximum Gasteiger partial charge on any atom is 0.326 e. The van der Waals surface area contributed by atoms with Gasteiger partial charge in [0, 0.05) is 23.7 Å². The Morgan fingerprint density at radius 3 is 2.71 bits per heavy atom. The van der Waals surface area contributed by atoms with Crippen molar-refractivity contribution in [1.29, 1.82) is 0 Å². The van der Waals surface area contributed by atoms with E-state index in [9.17, 15) is 24.5 Å². The number of hydrogen-bond acceptors (Lipinski definition) is 5. The summed E-state index contributed by atoms with van der Waals surface area (Å²) < 4.78 is 0. The summed E-state index contributed by atoms with van der Waals surface area (Å²) in [6.45, 7) is 1.54. The van der Waals surface area contributed by atoms with Crippen molar-refractivity contribution in [3.63, 3.8) is 0 Å². The van der Waals surface area contributed by atoms with E-state index in [1.54, 1.807) is 0 Å². The van der Waals surface area contributed by atoms with Crippen LogP contribution in [-0.4, -0.2) is 51.8 Å². The number of amides is 2. The number of aryl methyl sites for hydroxylation is 1. The number of carbonyl (C=O) groups is 3. The monoisotopic (exact) mass is 335 g/mol. The van der Waals surface area contributed by atoms with Gasteiger partial charge < -0.3 is 15.3 Å². The zero-order valence-corrected chi connectivity index (χ0v) is 13.0. The van der Waals surface area contributed by atoms with E-state index in [1.807, 2.05) is 0 Å². The van der Waals surface area contributed by atoms with Gasteiger partial charge in [0.1, 0.15) is 6.04 Å². The van der Waals surface area contributed by atoms with Gasteiger partial charge in [0.05, 0.1) is 11.5 Å². The van der Waals surface area contributed by atoms with Gasteiger partial charge in [-0.15, -0.1) is 0 Å². The average molecular weight is 335 g/mol. The first-order valence-corrected chi connectivity index (χ1v) is 7.36. The minimum absolute atomic E-state index is 0.0935. The third-order valence-corrected chi connectivity index (χ3v) is 3.91. The van der Waals surface area contributed by atoms with Crippen LogP contribution in [0.3, 0.4) is 0 Å². The third-order valence-electron chi connectivity index (χ3n) is 3.91. The summed E-state index contributed by atoms with van der Waals surface area (Å²) in [5.74, 6) is -2.07. The molecule has 128 valence electrons. The first kappa shape index (κ1) is 17.4. The molecule has 0 radical (unpaired) electrons. The molecule has 0 bridgehead atoms. The normalized spacial score (nSPS) is 16.7. The minimum Gasteiger partial charge on any atom is -0.480 e. The number of benzene rings is 1. The first-order chi connectivity index (χ1) is 11.3. The summed E-state index contributed by atoms with van der Waals surface area (Å²) in [5, 5.41) is 22.2. The van der Waals surface area contributed by atoms with Crippen molar-refractivity contribution in [1.82, 2.24) is 10.2 Å². The highest BCUT2D eigenvalue weighted by atomic mass is 16.6. The number of nitro benzene ring substituents is 1. The Hall–Kier alpha value is -2.97. The van der Waals surface area contributed by atoms with Crippen molar-refractivity contribution in [2.75, 3.05) is 13.1 Å². The molecule has 1 saturated heterocycles. The number of nitro groups is 1. The number of aliphatic carboxylic acids is 1. The maximum absolute atomic E-state index is 12.1. The highest BCUT2D eigenvalue weighted by molar-refractivity contribution is 5.97. The van der Waals surface area contributed by atoms with Crippen LogP contribution in [0, 0.1) is 17.0 Å². The fraction of sp³-hybridized carbons (Fsp3) is 0.400. The van der Waals surface area contributed by atoms with Gasteiger partial charge in [-0.25, -0.2) is 4.79 Å². The number of carboxylic acid groups (broad SMARTS) is 1. The molecule has 1 aromatic rings. The molecule has 2 rings (SSSR count). The molecule has 9 heteroatoms. The molecule has 2 N–H and O–H groups in total. The Morgan fingerprint density at radius 2 is 2.12 bits per heavy atom. The van der Waals surface area contributed by atoms with Gasteiger partial charge in [-0.3, -0.25) is 19.7 Å². The van der Waals surface area contributed by atoms with E-state index in [0.29, 0.717) is 24.9 Å². The van der Waals surface area contributed by atoms with Gasteiger partial charge in [-0.1, -0.05) is 0 Å². The van der Waals surface area contributed by atoms with E-state index >= 15 is 0 Å². The number of nitrogens with zero attached hydrogens (tertiary/aromatic N) is 2. The quantitative estimate of drug-likeness (QED) is 0.602. The van der Waals surface area contributed by atoms with Gasteiger partial charge >= 0.3 is 5.97 Å². The Kier molecular flexibility index (Phi) is 5.12. The van der Waals surface area contributed by atoms with Gasteiger partial charge in [-0.05, 0) is 31.9 Å². The SMILES string of the molecule is Cc1cc(C(=O)NCC(=O)N2CCC[C@@H]2C(=O)O)ccc1[N+](=O)[O-]. The number of hydrogen-bond donors (Lipinski definition) is 2. The molecular weight excluding hydrogens is 318 g/mol. The molecule has 1 aliphatic heterocycles. The highest BCUT2D eigenvalue weighted by Crippen LogP contribution is 2.19. The highest BCUT2D eigenvalue weighted by Gasteiger charge is 2.33. The summed E-state index contributed by atoms with van der Waals surface area (Å²) in [4.78, 5) is 46.6. The van der Waals surface area contributed by atoms with Gasteiger partial charge in [0.15, 0.2) is 0 Å². The second-order valence-corrected chi connectivity index (χ2v) is 5.52. The van der Waals surface area contributed by atoms with E-state index in [4.69, 9.17) is 5.11 Å². The molecule has 1 aromatic carbocycles. The fourth-order valence-corrected chi connectivity index (χ4v) is 2.68. The summed E-state index contributed by atoms with van der Waals surface area (Å²) in [5.41, 5.74) is 0.440. The lowest BCUT2D eigenvalue weighted by atomic mass is 10.1. The second-order valence-electron chi connectivity index (χ2n) is 5.52. The Morgan fingerprint density at radius 1 is 1.42 bits per heavy atom. The van der Waals surface area contributed by atoms with Gasteiger partial charge in [0.25, 0.3) is 11.6 Å². The van der Waals surface area contributed by atoms with Crippen LogP contribution in [0.2, 0.25) is 0 Å². The molecular formula is C15H17N3O6. The zero-order valence-electron chi connectivity index (χ0n) is 13.0. The second kappa shape index (κ2) is 7.07. The maximum atomic E-state index is 12.1. The first-order valence-electron chi connectivity index (χ1n) is 7.36. The van der Waals surface area contributed by atoms with Crippen LogP contribution in [0.1, 0.15) is 28.8 Å². The summed E-state index contributed by atoms with van der Waals surface area (Å²) in [6, 6.07) is 3.05. The van der Waals surface area contributed by atoms with Crippen LogP contribution in [0.15, 0.2) is 18.2 Å². The molecule has 24 heavy (non-hydrogen) atoms. The van der Waals surface area contributed by atoms with E-state index in [-0.39, 0.29) is 17.8 Å². The lowest BCUT2D eigenvalue weighted by molar-refractivity contribution is -0.385. The molecule has 1 heterocycles. The van der Waals surface area contributed by atoms with Crippen molar-refractivity contribution >= 4 is 23.5 Å². The summed E-state index contributed by atoms with van der Waals surface area (Å²) in [6.07, 6.45) is 1.01. The van der Waals surface area contributed by atoms with Crippen molar-refractivity contribution in [2.24, 2.45) is 0 Å². The molecule has 0 saturated carbocycles. The molecule has 2 amide bonds. The van der Waals surface area contributed by atoms with Crippen LogP contribution < -0.4 is 5.32 Å². The molecule has 0 spiro atoms. The van der Waals surface area contributed by atoms with E-state index < -0.39 is 28.7 Å². The molecule has 9 nitrogen and oxygen atoms in total. The lowest BCUT2D eigenvalue weighted by Gasteiger charge is -2.21. The van der Waals surface area contributed by atoms with Crippen molar-refractivity contribution in [3.05, 3.63) is 39.4 Å². The van der Waals surface area contributed by atoms with Crippen LogP contribution in [0.5, 0.6) is 0 Å². The third kappa shape index (κ3) is 3.67. The van der Waals surface area contributed by atoms with Crippen molar-refractivity contribution in [3.8, 4) is 0 Å². The molecule has 1 aliphatic rings. The standard InChI is InChI=1S/C15H17N3O6/c1-9-7-10(4-5-11(9)18(23)24)14(20)16-8-13(19)17-6-2-3-12(17)15(21)22/h4-5,7,12H,2-3,6,8H2,1H3,(H,16,20)(H,21,22)/t12-/m1/s1. The predicted octanol–water partition coefficient (Wildman–Crippen LogP) is 0.709. The number of carboxylic acids is 1. The van der Waals surface area contributed by atoms with Gasteiger partial charge in [0.2, 0.25) is 5.91 Å². The van der Waals surface area contributed by atoms with Crippen molar-refractivity contribution in [2.45, 2.75) is 25.8 Å². The van der Waals surface area contributed by atoms with Crippen LogP contribution in [0.4, 0.5) is 5.69 Å². The average Bonchev–Trinajstić information content (AvgIpc) is 3.01. The Labute approximate surface area is 137 Å². The summed E-state index contributed by atoms with van der Waals surface area (Å²) >= 11 is 0. The molecule has 0 aromatic heterocycles. The van der Waals surface area contributed by atoms with Gasteiger partial charge in [-0.2, -0.15) is 0 Å². The number of likely N-dealkylation sites (tertiary alicyclic amines) is 1. The lowest BCUT2D eigenvalue weighted by Crippen LogP contribution is -2.45. The molecule has 1 fully saturated rings. The van der Waals surface area contributed by atoms with Crippen LogP contribution >= 0.6 is 0 Å². The minimum atomic E-state index is -1.06. The predicted molar refractivity (Wildman–Crippen MR) is 82.5 cm³/mol. The van der Waals surface area contributed by atoms with Crippen molar-refractivity contribution < 1.29 is 24.4 Å². The molecule has 0 aliphatic carbocycles. The van der Waals surface area contributed by atoms with E-state index in [1.165, 1.54) is 30.0 Å². The smallest absolute Gasteiger partial charge is 0.326 e. The van der Waals surface area contributed by atoms with E-state index in [2.05, 4.69) is 5.32 Å². The fourth-order valence-electron chi connectivity index (χ4n) is 2.68. The number of rotatable bonds is 5. The molecule has 1 atom stereocenters. The largest absolute Gasteiger partial charge is 0.480 e. The topological polar surface area (TPSA) is 130 Å². The Bertz CT molecular complexity index is 702. The number of carbonyl (C=O) groups excluding carboxylic acids is 2. The molecule has 0 unspecified atom stereocenters. The number of nitrogens with one attached hydrogen (secondary N) is 1. The van der Waals surface area contributed by atoms with E-state index in [0.717, 1.165) is 0 Å². The van der Waals surface area contributed by atoms with Crippen LogP contribution in [-0.2, 0) is 9.59 Å². The van der Waals surface area contributed by atoms with Crippen LogP contribution in [0.25, 0.3) is 0 Å². The summed E-state index contributed by atoms with van der Waals surface area (Å²) in [7, 11) is 0. The zero-order chi connectivity index (χ0) is 17.9.